The Morgan fingerprint density at radius 3 is 3.00 bits per heavy atom. The van der Waals surface area contributed by atoms with E-state index in [0.717, 1.165) is 19.4 Å². The molecule has 2 aliphatic carbocycles. The maximum atomic E-state index is 11.6. The van der Waals surface area contributed by atoms with E-state index in [0.29, 0.717) is 29.5 Å². The van der Waals surface area contributed by atoms with E-state index >= 15 is 0 Å². The molecule has 0 radical (unpaired) electrons. The van der Waals surface area contributed by atoms with E-state index in [2.05, 4.69) is 13.8 Å². The molecular formula is C11H16O2. The monoisotopic (exact) mass is 180 g/mol. The summed E-state index contributed by atoms with van der Waals surface area (Å²) in [6.45, 7) is 5.18. The van der Waals surface area contributed by atoms with E-state index in [1.807, 2.05) is 0 Å². The topological polar surface area (TPSA) is 26.3 Å². The van der Waals surface area contributed by atoms with Gasteiger partial charge in [0.15, 0.2) is 0 Å². The van der Waals surface area contributed by atoms with Gasteiger partial charge in [0, 0.05) is 18.3 Å². The predicted octanol–water partition coefficient (Wildman–Crippen LogP) is 1.64. The zero-order valence-electron chi connectivity index (χ0n) is 8.25. The Balaban J connectivity index is 1.98. The number of hydrogen-bond donors (Lipinski definition) is 0. The van der Waals surface area contributed by atoms with Crippen molar-refractivity contribution in [2.24, 2.45) is 23.7 Å². The number of ether oxygens (including phenoxy) is 1. The molecule has 0 aromatic carbocycles. The van der Waals surface area contributed by atoms with Crippen LogP contribution in [0.2, 0.25) is 0 Å². The van der Waals surface area contributed by atoms with Gasteiger partial charge in [-0.1, -0.05) is 0 Å². The van der Waals surface area contributed by atoms with Gasteiger partial charge in [0.05, 0.1) is 12.2 Å². The fraction of sp³-hybridized carbons (Fsp3) is 0.909. The van der Waals surface area contributed by atoms with Gasteiger partial charge >= 0.3 is 0 Å². The largest absolute Gasteiger partial charge is 0.375 e. The average molecular weight is 180 g/mol. The molecule has 0 amide bonds. The lowest BCUT2D eigenvalue weighted by Gasteiger charge is -2.31. The standard InChI is InChI=1S/C11H16O2/c1-11(2)10-7-3-6(4-9(7)12)8(10)5-13-11/h6-8,10H,3-5H2,1-2H3/t6-,7+,8+,10-/m1/s1. The molecule has 0 spiro atoms. The molecule has 0 unspecified atom stereocenters. The SMILES string of the molecule is CC1(C)OC[C@H]2[C@H]3CC(=O)[C@H](C3)[C@H]21. The highest BCUT2D eigenvalue weighted by Gasteiger charge is 2.60. The first kappa shape index (κ1) is 7.98. The minimum atomic E-state index is -0.0415. The zero-order valence-corrected chi connectivity index (χ0v) is 8.25. The van der Waals surface area contributed by atoms with Gasteiger partial charge in [0.2, 0.25) is 0 Å². The van der Waals surface area contributed by atoms with Crippen molar-refractivity contribution in [3.05, 3.63) is 0 Å². The summed E-state index contributed by atoms with van der Waals surface area (Å²) in [6, 6.07) is 0. The summed E-state index contributed by atoms with van der Waals surface area (Å²) in [5, 5.41) is 0. The van der Waals surface area contributed by atoms with Gasteiger partial charge in [-0.15, -0.1) is 0 Å². The Labute approximate surface area is 78.6 Å². The van der Waals surface area contributed by atoms with Crippen LogP contribution < -0.4 is 0 Å². The third-order valence-corrected chi connectivity index (χ3v) is 4.38. The van der Waals surface area contributed by atoms with Gasteiger partial charge in [-0.05, 0) is 32.1 Å². The van der Waals surface area contributed by atoms with Crippen molar-refractivity contribution in [3.63, 3.8) is 0 Å². The fourth-order valence-electron chi connectivity index (χ4n) is 3.86. The van der Waals surface area contributed by atoms with E-state index in [1.165, 1.54) is 0 Å². The average Bonchev–Trinajstić information content (AvgIpc) is 2.62. The second-order valence-corrected chi connectivity index (χ2v) is 5.38. The van der Waals surface area contributed by atoms with Gasteiger partial charge in [-0.25, -0.2) is 0 Å². The molecule has 3 aliphatic rings. The van der Waals surface area contributed by atoms with Gasteiger partial charge in [-0.2, -0.15) is 0 Å². The minimum absolute atomic E-state index is 0.0415. The maximum absolute atomic E-state index is 11.6. The number of carbonyl (C=O) groups excluding carboxylic acids is 1. The molecule has 0 aromatic heterocycles. The van der Waals surface area contributed by atoms with E-state index in [1.54, 1.807) is 0 Å². The summed E-state index contributed by atoms with van der Waals surface area (Å²) >= 11 is 0. The molecule has 0 aromatic rings. The van der Waals surface area contributed by atoms with Crippen LogP contribution in [0.3, 0.4) is 0 Å². The normalized spacial score (nSPS) is 51.4. The minimum Gasteiger partial charge on any atom is -0.375 e. The van der Waals surface area contributed by atoms with Crippen LogP contribution in [0.5, 0.6) is 0 Å². The summed E-state index contributed by atoms with van der Waals surface area (Å²) in [5.74, 6) is 2.72. The Morgan fingerprint density at radius 1 is 1.46 bits per heavy atom. The lowest BCUT2D eigenvalue weighted by Crippen LogP contribution is -2.37. The summed E-state index contributed by atoms with van der Waals surface area (Å²) in [4.78, 5) is 11.6. The lowest BCUT2D eigenvalue weighted by molar-refractivity contribution is -0.125. The molecule has 72 valence electrons. The summed E-state index contributed by atoms with van der Waals surface area (Å²) in [5.41, 5.74) is -0.0415. The van der Waals surface area contributed by atoms with Crippen molar-refractivity contribution in [1.29, 1.82) is 0 Å². The second-order valence-electron chi connectivity index (χ2n) is 5.38. The van der Waals surface area contributed by atoms with Crippen molar-refractivity contribution < 1.29 is 9.53 Å². The number of carbonyl (C=O) groups is 1. The Bertz CT molecular complexity index is 269. The number of rotatable bonds is 0. The van der Waals surface area contributed by atoms with Crippen molar-refractivity contribution in [2.45, 2.75) is 32.3 Å². The first-order chi connectivity index (χ1) is 6.09. The van der Waals surface area contributed by atoms with Gasteiger partial charge < -0.3 is 4.74 Å². The highest BCUT2D eigenvalue weighted by atomic mass is 16.5. The maximum Gasteiger partial charge on any atom is 0.136 e. The summed E-state index contributed by atoms with van der Waals surface area (Å²) in [6.07, 6.45) is 1.99. The van der Waals surface area contributed by atoms with Gasteiger partial charge in [-0.3, -0.25) is 4.79 Å². The molecular weight excluding hydrogens is 164 g/mol. The van der Waals surface area contributed by atoms with Crippen LogP contribution in [0.25, 0.3) is 0 Å². The van der Waals surface area contributed by atoms with E-state index in [9.17, 15) is 4.79 Å². The molecule has 3 fully saturated rings. The number of ketones is 1. The second kappa shape index (κ2) is 2.17. The van der Waals surface area contributed by atoms with Crippen molar-refractivity contribution in [3.8, 4) is 0 Å². The Morgan fingerprint density at radius 2 is 2.23 bits per heavy atom. The lowest BCUT2D eigenvalue weighted by atomic mass is 9.73. The molecule has 1 heterocycles. The quantitative estimate of drug-likeness (QED) is 0.566. The first-order valence-corrected chi connectivity index (χ1v) is 5.26. The van der Waals surface area contributed by atoms with Crippen molar-refractivity contribution in [2.75, 3.05) is 6.61 Å². The first-order valence-electron chi connectivity index (χ1n) is 5.26. The summed E-state index contributed by atoms with van der Waals surface area (Å²) < 4.78 is 5.78. The van der Waals surface area contributed by atoms with E-state index in [4.69, 9.17) is 4.74 Å². The predicted molar refractivity (Wildman–Crippen MR) is 48.2 cm³/mol. The molecule has 2 saturated carbocycles. The van der Waals surface area contributed by atoms with E-state index in [-0.39, 0.29) is 5.60 Å². The van der Waals surface area contributed by atoms with E-state index < -0.39 is 0 Å². The molecule has 1 saturated heterocycles. The van der Waals surface area contributed by atoms with Gasteiger partial charge in [0.25, 0.3) is 0 Å². The Hall–Kier alpha value is -0.370. The van der Waals surface area contributed by atoms with Gasteiger partial charge in [0.1, 0.15) is 5.78 Å². The number of Topliss-reactive ketones (excluding diaryl/α,β-unsaturated/α-hetero) is 1. The fourth-order valence-corrected chi connectivity index (χ4v) is 3.86. The molecule has 3 rings (SSSR count). The van der Waals surface area contributed by atoms with Crippen LogP contribution in [0.1, 0.15) is 26.7 Å². The zero-order chi connectivity index (χ0) is 9.22. The Kier molecular flexibility index (Phi) is 1.33. The summed E-state index contributed by atoms with van der Waals surface area (Å²) in [7, 11) is 0. The van der Waals surface area contributed by atoms with Crippen LogP contribution in [0.15, 0.2) is 0 Å². The smallest absolute Gasteiger partial charge is 0.136 e. The third kappa shape index (κ3) is 0.850. The third-order valence-electron chi connectivity index (χ3n) is 4.38. The molecule has 2 nitrogen and oxygen atoms in total. The molecule has 13 heavy (non-hydrogen) atoms. The highest BCUT2D eigenvalue weighted by molar-refractivity contribution is 5.85. The number of fused-ring (bicyclic) bond motifs is 5. The molecule has 0 N–H and O–H groups in total. The van der Waals surface area contributed by atoms with Crippen LogP contribution in [-0.2, 0) is 9.53 Å². The van der Waals surface area contributed by atoms with Crippen LogP contribution >= 0.6 is 0 Å². The molecule has 4 atom stereocenters. The number of hydrogen-bond acceptors (Lipinski definition) is 2. The molecule has 1 aliphatic heterocycles. The van der Waals surface area contributed by atoms with Crippen molar-refractivity contribution >= 4 is 5.78 Å². The van der Waals surface area contributed by atoms with Crippen LogP contribution in [-0.4, -0.2) is 18.0 Å². The van der Waals surface area contributed by atoms with Crippen LogP contribution in [0, 0.1) is 23.7 Å². The highest BCUT2D eigenvalue weighted by Crippen LogP contribution is 2.58. The van der Waals surface area contributed by atoms with Crippen LogP contribution in [0.4, 0.5) is 0 Å². The molecule has 2 bridgehead atoms. The van der Waals surface area contributed by atoms with Crippen molar-refractivity contribution in [1.82, 2.24) is 0 Å². The molecule has 2 heteroatoms.